The van der Waals surface area contributed by atoms with Crippen molar-refractivity contribution in [1.29, 1.82) is 0 Å². The highest BCUT2D eigenvalue weighted by molar-refractivity contribution is 5.95. The van der Waals surface area contributed by atoms with Gasteiger partial charge in [0, 0.05) is 12.0 Å². The van der Waals surface area contributed by atoms with Crippen LogP contribution in [0.3, 0.4) is 0 Å². The van der Waals surface area contributed by atoms with Crippen molar-refractivity contribution in [3.63, 3.8) is 0 Å². The van der Waals surface area contributed by atoms with Crippen molar-refractivity contribution >= 4 is 11.1 Å². The smallest absolute Gasteiger partial charge is 0.233 e. The molecule has 0 amide bonds. The van der Waals surface area contributed by atoms with Crippen molar-refractivity contribution in [2.24, 2.45) is 0 Å². The first-order valence-corrected chi connectivity index (χ1v) is 7.93. The highest BCUT2D eigenvalue weighted by Crippen LogP contribution is 2.36. The number of rotatable bonds is 3. The van der Waals surface area contributed by atoms with Gasteiger partial charge in [0.05, 0.1) is 6.10 Å². The minimum Gasteiger partial charge on any atom is -0.474 e. The lowest BCUT2D eigenvalue weighted by molar-refractivity contribution is 0.0522. The molecule has 1 saturated carbocycles. The fraction of sp³-hybridized carbons (Fsp3) is 0.333. The summed E-state index contributed by atoms with van der Waals surface area (Å²) in [6, 6.07) is 9.98. The molecule has 1 aliphatic carbocycles. The molecule has 23 heavy (non-hydrogen) atoms. The van der Waals surface area contributed by atoms with Gasteiger partial charge in [0.2, 0.25) is 11.6 Å². The van der Waals surface area contributed by atoms with E-state index in [-0.39, 0.29) is 12.2 Å². The number of benzene rings is 1. The molecule has 1 aliphatic rings. The number of furan rings is 1. The number of ether oxygens (including phenoxy) is 1. The van der Waals surface area contributed by atoms with Gasteiger partial charge in [-0.2, -0.15) is 0 Å². The van der Waals surface area contributed by atoms with E-state index >= 15 is 0 Å². The van der Waals surface area contributed by atoms with Crippen molar-refractivity contribution in [2.45, 2.75) is 37.9 Å². The number of fused-ring (bicyclic) bond motifs is 1. The summed E-state index contributed by atoms with van der Waals surface area (Å²) in [5.41, 5.74) is 2.48. The molecule has 1 fully saturated rings. The zero-order chi connectivity index (χ0) is 15.6. The standard InChI is InChI=1S/C18H18N2O3/c21-13-7-4-8-14(9-13)23-18-16-15(12-5-2-1-3-6-12)10-22-17(16)19-11-20-18/h1-3,5-6,10-11,13-14,21H,4,7-9H2. The van der Waals surface area contributed by atoms with Gasteiger partial charge in [0.25, 0.3) is 0 Å². The Labute approximate surface area is 133 Å². The van der Waals surface area contributed by atoms with Crippen LogP contribution in [-0.4, -0.2) is 27.3 Å². The highest BCUT2D eigenvalue weighted by Gasteiger charge is 2.24. The molecule has 0 bridgehead atoms. The average molecular weight is 310 g/mol. The Morgan fingerprint density at radius 2 is 2.00 bits per heavy atom. The predicted octanol–water partition coefficient (Wildman–Crippen LogP) is 3.57. The molecule has 0 radical (unpaired) electrons. The van der Waals surface area contributed by atoms with E-state index in [1.807, 2.05) is 30.3 Å². The SMILES string of the molecule is OC1CCCC(Oc2ncnc3occ(-c4ccccc4)c23)C1. The molecule has 2 aromatic heterocycles. The quantitative estimate of drug-likeness (QED) is 0.801. The van der Waals surface area contributed by atoms with Gasteiger partial charge >= 0.3 is 0 Å². The van der Waals surface area contributed by atoms with E-state index in [2.05, 4.69) is 9.97 Å². The molecule has 4 rings (SSSR count). The molecule has 0 saturated heterocycles. The molecule has 2 heterocycles. The van der Waals surface area contributed by atoms with E-state index < -0.39 is 0 Å². The maximum atomic E-state index is 9.83. The minimum atomic E-state index is -0.288. The molecule has 0 aliphatic heterocycles. The molecule has 1 N–H and O–H groups in total. The van der Waals surface area contributed by atoms with E-state index in [4.69, 9.17) is 9.15 Å². The Hall–Kier alpha value is -2.40. The van der Waals surface area contributed by atoms with Crippen molar-refractivity contribution in [3.05, 3.63) is 42.9 Å². The second kappa shape index (κ2) is 6.01. The van der Waals surface area contributed by atoms with Crippen LogP contribution < -0.4 is 4.74 Å². The number of aliphatic hydroxyl groups excluding tert-OH is 1. The van der Waals surface area contributed by atoms with Crippen LogP contribution in [0.1, 0.15) is 25.7 Å². The lowest BCUT2D eigenvalue weighted by atomic mass is 9.95. The van der Waals surface area contributed by atoms with E-state index in [0.29, 0.717) is 18.0 Å². The third-order valence-electron chi connectivity index (χ3n) is 4.30. The molecule has 118 valence electrons. The maximum absolute atomic E-state index is 9.83. The van der Waals surface area contributed by atoms with Crippen LogP contribution in [0.2, 0.25) is 0 Å². The van der Waals surface area contributed by atoms with Crippen LogP contribution in [0, 0.1) is 0 Å². The Morgan fingerprint density at radius 1 is 1.13 bits per heavy atom. The maximum Gasteiger partial charge on any atom is 0.233 e. The Morgan fingerprint density at radius 3 is 2.83 bits per heavy atom. The summed E-state index contributed by atoms with van der Waals surface area (Å²) in [5.74, 6) is 0.529. The van der Waals surface area contributed by atoms with Gasteiger partial charge in [-0.05, 0) is 24.8 Å². The fourth-order valence-electron chi connectivity index (χ4n) is 3.15. The first-order valence-electron chi connectivity index (χ1n) is 7.93. The Balaban J connectivity index is 1.73. The van der Waals surface area contributed by atoms with Gasteiger partial charge in [-0.15, -0.1) is 0 Å². The molecule has 5 nitrogen and oxygen atoms in total. The second-order valence-corrected chi connectivity index (χ2v) is 5.93. The third kappa shape index (κ3) is 2.80. The van der Waals surface area contributed by atoms with Crippen LogP contribution in [0.25, 0.3) is 22.2 Å². The van der Waals surface area contributed by atoms with Gasteiger partial charge in [-0.25, -0.2) is 9.97 Å². The average Bonchev–Trinajstić information content (AvgIpc) is 3.01. The number of nitrogens with zero attached hydrogens (tertiary/aromatic N) is 2. The molecule has 0 spiro atoms. The molecule has 5 heteroatoms. The van der Waals surface area contributed by atoms with E-state index in [1.54, 1.807) is 6.26 Å². The van der Waals surface area contributed by atoms with E-state index in [0.717, 1.165) is 35.8 Å². The van der Waals surface area contributed by atoms with E-state index in [9.17, 15) is 5.11 Å². The largest absolute Gasteiger partial charge is 0.474 e. The Kier molecular flexibility index (Phi) is 3.71. The van der Waals surface area contributed by atoms with Crippen molar-refractivity contribution < 1.29 is 14.3 Å². The zero-order valence-electron chi connectivity index (χ0n) is 12.7. The molecular weight excluding hydrogens is 292 g/mol. The molecular formula is C18H18N2O3. The minimum absolute atomic E-state index is 0.0182. The van der Waals surface area contributed by atoms with Crippen molar-refractivity contribution in [3.8, 4) is 17.0 Å². The molecule has 2 atom stereocenters. The summed E-state index contributed by atoms with van der Waals surface area (Å²) >= 11 is 0. The van der Waals surface area contributed by atoms with Crippen LogP contribution in [-0.2, 0) is 0 Å². The van der Waals surface area contributed by atoms with Crippen molar-refractivity contribution in [1.82, 2.24) is 9.97 Å². The summed E-state index contributed by atoms with van der Waals surface area (Å²) in [6.07, 6.45) is 6.23. The van der Waals surface area contributed by atoms with Gasteiger partial charge < -0.3 is 14.3 Å². The topological polar surface area (TPSA) is 68.4 Å². The predicted molar refractivity (Wildman–Crippen MR) is 86.1 cm³/mol. The van der Waals surface area contributed by atoms with Gasteiger partial charge in [-0.1, -0.05) is 30.3 Å². The molecule has 2 unspecified atom stereocenters. The van der Waals surface area contributed by atoms with Crippen molar-refractivity contribution in [2.75, 3.05) is 0 Å². The van der Waals surface area contributed by atoms with Gasteiger partial charge in [0.1, 0.15) is 24.1 Å². The third-order valence-corrected chi connectivity index (χ3v) is 4.30. The lowest BCUT2D eigenvalue weighted by Gasteiger charge is -2.26. The second-order valence-electron chi connectivity index (χ2n) is 5.93. The van der Waals surface area contributed by atoms with Gasteiger partial charge in [-0.3, -0.25) is 0 Å². The fourth-order valence-corrected chi connectivity index (χ4v) is 3.15. The monoisotopic (exact) mass is 310 g/mol. The number of hydrogen-bond donors (Lipinski definition) is 1. The summed E-state index contributed by atoms with van der Waals surface area (Å²) in [4.78, 5) is 8.50. The first-order chi connectivity index (χ1) is 11.3. The summed E-state index contributed by atoms with van der Waals surface area (Å²) in [7, 11) is 0. The van der Waals surface area contributed by atoms with Crippen LogP contribution >= 0.6 is 0 Å². The zero-order valence-corrected chi connectivity index (χ0v) is 12.7. The Bertz CT molecular complexity index is 800. The molecule has 3 aromatic rings. The van der Waals surface area contributed by atoms with Gasteiger partial charge in [0.15, 0.2) is 0 Å². The lowest BCUT2D eigenvalue weighted by Crippen LogP contribution is -2.28. The normalized spacial score (nSPS) is 21.4. The number of aliphatic hydroxyl groups is 1. The highest BCUT2D eigenvalue weighted by atomic mass is 16.5. The first kappa shape index (κ1) is 14.2. The van der Waals surface area contributed by atoms with E-state index in [1.165, 1.54) is 6.33 Å². The van der Waals surface area contributed by atoms with Crippen LogP contribution in [0.15, 0.2) is 47.3 Å². The molecule has 1 aromatic carbocycles. The summed E-state index contributed by atoms with van der Waals surface area (Å²) in [5, 5.41) is 10.6. The van der Waals surface area contributed by atoms with Crippen LogP contribution in [0.5, 0.6) is 5.88 Å². The number of aromatic nitrogens is 2. The van der Waals surface area contributed by atoms with Crippen LogP contribution in [0.4, 0.5) is 0 Å². The summed E-state index contributed by atoms with van der Waals surface area (Å²) in [6.45, 7) is 0. The summed E-state index contributed by atoms with van der Waals surface area (Å²) < 4.78 is 11.7. The number of hydrogen-bond acceptors (Lipinski definition) is 5.